The number of likely N-dealkylation sites (N-methyl/N-ethyl adjacent to an activating group) is 1. The topological polar surface area (TPSA) is 43.9 Å². The maximum absolute atomic E-state index is 12.3. The first-order valence-electron chi connectivity index (χ1n) is 7.58. The Hall–Kier alpha value is -1.30. The molecule has 2 rings (SSSR count). The highest BCUT2D eigenvalue weighted by Gasteiger charge is 2.21. The minimum Gasteiger partial charge on any atom is -0.340 e. The zero-order valence-electron chi connectivity index (χ0n) is 13.4. The Labute approximate surface area is 146 Å². The maximum atomic E-state index is 12.3. The van der Waals surface area contributed by atoms with Crippen LogP contribution in [-0.2, 0) is 9.59 Å². The molecule has 5 nitrogen and oxygen atoms in total. The number of halogens is 2. The molecule has 1 saturated heterocycles. The van der Waals surface area contributed by atoms with Gasteiger partial charge in [-0.25, -0.2) is 0 Å². The van der Waals surface area contributed by atoms with Crippen LogP contribution in [0.4, 0.5) is 5.69 Å². The number of carbonyl (C=O) groups is 2. The van der Waals surface area contributed by atoms with E-state index in [1.165, 1.54) is 11.8 Å². The highest BCUT2D eigenvalue weighted by Crippen LogP contribution is 2.29. The average molecular weight is 358 g/mol. The molecule has 0 aromatic heterocycles. The van der Waals surface area contributed by atoms with E-state index in [-0.39, 0.29) is 18.2 Å². The van der Waals surface area contributed by atoms with Crippen molar-refractivity contribution in [3.05, 3.63) is 28.2 Å². The smallest absolute Gasteiger partial charge is 0.224 e. The number of piperazine rings is 1. The summed E-state index contributed by atoms with van der Waals surface area (Å²) in [7, 11) is 2.04. The molecule has 7 heteroatoms. The first-order valence-corrected chi connectivity index (χ1v) is 8.33. The lowest BCUT2D eigenvalue weighted by atomic mass is 10.2. The molecule has 0 bridgehead atoms. The van der Waals surface area contributed by atoms with Crippen LogP contribution >= 0.6 is 23.2 Å². The molecule has 1 fully saturated rings. The summed E-state index contributed by atoms with van der Waals surface area (Å²) in [5, 5.41) is 0.942. The van der Waals surface area contributed by atoms with Crippen LogP contribution in [0.25, 0.3) is 0 Å². The van der Waals surface area contributed by atoms with Crippen molar-refractivity contribution in [2.45, 2.75) is 13.3 Å². The average Bonchev–Trinajstić information content (AvgIpc) is 2.51. The van der Waals surface area contributed by atoms with E-state index in [1.807, 2.05) is 11.9 Å². The van der Waals surface area contributed by atoms with E-state index in [2.05, 4.69) is 4.90 Å². The number of carbonyl (C=O) groups excluding carboxylic acids is 2. The molecule has 0 N–H and O–H groups in total. The zero-order valence-corrected chi connectivity index (χ0v) is 14.9. The lowest BCUT2D eigenvalue weighted by Gasteiger charge is -2.33. The third kappa shape index (κ3) is 4.83. The van der Waals surface area contributed by atoms with Crippen molar-refractivity contribution >= 4 is 40.7 Å². The quantitative estimate of drug-likeness (QED) is 0.831. The van der Waals surface area contributed by atoms with Crippen molar-refractivity contribution in [3.8, 4) is 0 Å². The molecule has 0 atom stereocenters. The molecule has 23 heavy (non-hydrogen) atoms. The number of anilines is 1. The highest BCUT2D eigenvalue weighted by molar-refractivity contribution is 6.35. The summed E-state index contributed by atoms with van der Waals surface area (Å²) in [4.78, 5) is 29.8. The van der Waals surface area contributed by atoms with Crippen molar-refractivity contribution in [2.24, 2.45) is 0 Å². The van der Waals surface area contributed by atoms with Crippen LogP contribution in [0.2, 0.25) is 10.0 Å². The van der Waals surface area contributed by atoms with Gasteiger partial charge in [-0.05, 0) is 25.2 Å². The van der Waals surface area contributed by atoms with E-state index in [1.54, 1.807) is 18.2 Å². The van der Waals surface area contributed by atoms with E-state index in [0.717, 1.165) is 26.2 Å². The van der Waals surface area contributed by atoms with Gasteiger partial charge < -0.3 is 14.7 Å². The van der Waals surface area contributed by atoms with Crippen molar-refractivity contribution in [3.63, 3.8) is 0 Å². The van der Waals surface area contributed by atoms with Crippen LogP contribution < -0.4 is 4.90 Å². The maximum Gasteiger partial charge on any atom is 0.224 e. The van der Waals surface area contributed by atoms with Crippen LogP contribution in [0.1, 0.15) is 13.3 Å². The SMILES string of the molecule is CC(=O)N(CCC(=O)N1CCN(C)CC1)c1cc(Cl)ccc1Cl. The molecule has 1 heterocycles. The van der Waals surface area contributed by atoms with Crippen molar-refractivity contribution in [1.82, 2.24) is 9.80 Å². The number of nitrogens with zero attached hydrogens (tertiary/aromatic N) is 3. The molecule has 0 saturated carbocycles. The van der Waals surface area contributed by atoms with Gasteiger partial charge in [0.1, 0.15) is 0 Å². The molecule has 2 amide bonds. The summed E-state index contributed by atoms with van der Waals surface area (Å²) in [6.45, 7) is 4.96. The molecular formula is C16H21Cl2N3O2. The zero-order chi connectivity index (χ0) is 17.0. The Morgan fingerprint density at radius 2 is 1.83 bits per heavy atom. The minimum atomic E-state index is -0.166. The second-order valence-corrected chi connectivity index (χ2v) is 6.54. The van der Waals surface area contributed by atoms with Gasteiger partial charge in [0.25, 0.3) is 0 Å². The highest BCUT2D eigenvalue weighted by atomic mass is 35.5. The molecular weight excluding hydrogens is 337 g/mol. The number of hydrogen-bond acceptors (Lipinski definition) is 3. The van der Waals surface area contributed by atoms with Gasteiger partial charge in [0, 0.05) is 51.1 Å². The fraction of sp³-hybridized carbons (Fsp3) is 0.500. The second-order valence-electron chi connectivity index (χ2n) is 5.70. The number of benzene rings is 1. The Morgan fingerprint density at radius 1 is 1.17 bits per heavy atom. The number of amides is 2. The second kappa shape index (κ2) is 7.99. The minimum absolute atomic E-state index is 0.0579. The van der Waals surface area contributed by atoms with Gasteiger partial charge in [0.05, 0.1) is 10.7 Å². The van der Waals surface area contributed by atoms with E-state index in [0.29, 0.717) is 22.3 Å². The van der Waals surface area contributed by atoms with Crippen LogP contribution in [0, 0.1) is 0 Å². The molecule has 0 radical (unpaired) electrons. The van der Waals surface area contributed by atoms with Gasteiger partial charge in [-0.1, -0.05) is 23.2 Å². The lowest BCUT2D eigenvalue weighted by molar-refractivity contribution is -0.132. The predicted molar refractivity (Wildman–Crippen MR) is 93.2 cm³/mol. The summed E-state index contributed by atoms with van der Waals surface area (Å²) in [6.07, 6.45) is 0.270. The summed E-state index contributed by atoms with van der Waals surface area (Å²) < 4.78 is 0. The third-order valence-corrected chi connectivity index (χ3v) is 4.54. The fourth-order valence-corrected chi connectivity index (χ4v) is 2.95. The summed E-state index contributed by atoms with van der Waals surface area (Å²) in [6, 6.07) is 4.96. The molecule has 1 aliphatic heterocycles. The predicted octanol–water partition coefficient (Wildman–Crippen LogP) is 2.51. The van der Waals surface area contributed by atoms with Crippen LogP contribution in [-0.4, -0.2) is 61.4 Å². The van der Waals surface area contributed by atoms with E-state index in [9.17, 15) is 9.59 Å². The molecule has 1 aromatic rings. The third-order valence-electron chi connectivity index (χ3n) is 3.98. The molecule has 0 aliphatic carbocycles. The molecule has 126 valence electrons. The Kier molecular flexibility index (Phi) is 6.27. The Balaban J connectivity index is 2.01. The summed E-state index contributed by atoms with van der Waals surface area (Å²) in [5.74, 6) is -0.108. The largest absolute Gasteiger partial charge is 0.340 e. The van der Waals surface area contributed by atoms with Gasteiger partial charge in [-0.3, -0.25) is 9.59 Å². The first-order chi connectivity index (χ1) is 10.9. The van der Waals surface area contributed by atoms with Gasteiger partial charge in [0.2, 0.25) is 11.8 Å². The normalized spacial score (nSPS) is 15.6. The summed E-state index contributed by atoms with van der Waals surface area (Å²) in [5.41, 5.74) is 0.540. The Morgan fingerprint density at radius 3 is 2.43 bits per heavy atom. The monoisotopic (exact) mass is 357 g/mol. The van der Waals surface area contributed by atoms with Crippen LogP contribution in [0.15, 0.2) is 18.2 Å². The Bertz CT molecular complexity index is 587. The van der Waals surface area contributed by atoms with Crippen LogP contribution in [0.3, 0.4) is 0 Å². The van der Waals surface area contributed by atoms with Gasteiger partial charge in [-0.2, -0.15) is 0 Å². The van der Waals surface area contributed by atoms with Gasteiger partial charge >= 0.3 is 0 Å². The fourth-order valence-electron chi connectivity index (χ4n) is 2.56. The van der Waals surface area contributed by atoms with E-state index < -0.39 is 0 Å². The van der Waals surface area contributed by atoms with E-state index in [4.69, 9.17) is 23.2 Å². The molecule has 0 spiro atoms. The van der Waals surface area contributed by atoms with Crippen LogP contribution in [0.5, 0.6) is 0 Å². The van der Waals surface area contributed by atoms with Crippen molar-refractivity contribution in [2.75, 3.05) is 44.7 Å². The molecule has 1 aromatic carbocycles. The lowest BCUT2D eigenvalue weighted by Crippen LogP contribution is -2.47. The van der Waals surface area contributed by atoms with Crippen molar-refractivity contribution in [1.29, 1.82) is 0 Å². The van der Waals surface area contributed by atoms with E-state index >= 15 is 0 Å². The van der Waals surface area contributed by atoms with Gasteiger partial charge in [-0.15, -0.1) is 0 Å². The molecule has 0 unspecified atom stereocenters. The number of rotatable bonds is 4. The summed E-state index contributed by atoms with van der Waals surface area (Å²) >= 11 is 12.1. The first kappa shape index (κ1) is 18.0. The molecule has 1 aliphatic rings. The van der Waals surface area contributed by atoms with Crippen molar-refractivity contribution < 1.29 is 9.59 Å². The number of hydrogen-bond donors (Lipinski definition) is 0. The van der Waals surface area contributed by atoms with Gasteiger partial charge in [0.15, 0.2) is 0 Å². The standard InChI is InChI=1S/C16H21Cl2N3O2/c1-12(22)21(15-11-13(17)3-4-14(15)18)6-5-16(23)20-9-7-19(2)8-10-20/h3-4,11H,5-10H2,1-2H3.